The quantitative estimate of drug-likeness (QED) is 0.431. The second-order valence-electron chi connectivity index (χ2n) is 5.25. The van der Waals surface area contributed by atoms with Crippen LogP contribution in [0.1, 0.15) is 20.3 Å². The molecular formula is C11H23N3O3. The van der Waals surface area contributed by atoms with Crippen LogP contribution >= 0.6 is 0 Å². The van der Waals surface area contributed by atoms with Gasteiger partial charge in [0.25, 0.3) is 0 Å². The summed E-state index contributed by atoms with van der Waals surface area (Å²) in [4.78, 5) is 13.9. The highest BCUT2D eigenvalue weighted by Crippen LogP contribution is 2.23. The molecule has 0 aromatic carbocycles. The average Bonchev–Trinajstić information content (AvgIpc) is 2.65. The van der Waals surface area contributed by atoms with E-state index in [1.807, 2.05) is 13.8 Å². The molecule has 0 aromatic heterocycles. The molecule has 2 unspecified atom stereocenters. The minimum absolute atomic E-state index is 0.0777. The van der Waals surface area contributed by atoms with Crippen LogP contribution < -0.4 is 11.3 Å². The van der Waals surface area contributed by atoms with Gasteiger partial charge in [-0.3, -0.25) is 10.6 Å². The number of nitrogens with zero attached hydrogens (tertiary/aromatic N) is 1. The third kappa shape index (κ3) is 3.38. The van der Waals surface area contributed by atoms with Crippen LogP contribution in [0.4, 0.5) is 0 Å². The molecule has 0 saturated carbocycles. The summed E-state index contributed by atoms with van der Waals surface area (Å²) in [5.41, 5.74) is 2.17. The number of aliphatic hydroxyl groups excluding tert-OH is 1. The lowest BCUT2D eigenvalue weighted by Gasteiger charge is -2.34. The van der Waals surface area contributed by atoms with Crippen molar-refractivity contribution in [2.24, 2.45) is 11.3 Å². The van der Waals surface area contributed by atoms with Gasteiger partial charge in [0.1, 0.15) is 6.04 Å². The highest BCUT2D eigenvalue weighted by Gasteiger charge is 2.38. The lowest BCUT2D eigenvalue weighted by atomic mass is 9.84. The molecule has 1 aliphatic rings. The second-order valence-corrected chi connectivity index (χ2v) is 5.25. The Morgan fingerprint density at radius 2 is 2.35 bits per heavy atom. The molecule has 0 aromatic rings. The predicted octanol–water partition coefficient (Wildman–Crippen LogP) is -0.916. The first-order valence-electron chi connectivity index (χ1n) is 5.84. The highest BCUT2D eigenvalue weighted by molar-refractivity contribution is 5.83. The number of amides is 1. The number of hydrogen-bond donors (Lipinski definition) is 3. The van der Waals surface area contributed by atoms with Gasteiger partial charge >= 0.3 is 0 Å². The van der Waals surface area contributed by atoms with E-state index < -0.39 is 17.6 Å². The van der Waals surface area contributed by atoms with Gasteiger partial charge in [-0.25, -0.2) is 5.43 Å². The van der Waals surface area contributed by atoms with Gasteiger partial charge in [-0.2, -0.15) is 0 Å². The van der Waals surface area contributed by atoms with Gasteiger partial charge in [0.05, 0.1) is 12.7 Å². The number of nitrogens with two attached hydrogens (primary N) is 1. The fraction of sp³-hybridized carbons (Fsp3) is 0.909. The summed E-state index contributed by atoms with van der Waals surface area (Å²) in [6.45, 7) is 5.25. The van der Waals surface area contributed by atoms with Crippen molar-refractivity contribution in [3.8, 4) is 0 Å². The molecule has 0 aliphatic carbocycles. The van der Waals surface area contributed by atoms with Gasteiger partial charge in [0, 0.05) is 25.6 Å². The van der Waals surface area contributed by atoms with E-state index in [2.05, 4.69) is 5.43 Å². The lowest BCUT2D eigenvalue weighted by molar-refractivity contribution is -0.136. The molecule has 6 nitrogen and oxygen atoms in total. The number of nitrogens with one attached hydrogen (secondary N) is 1. The summed E-state index contributed by atoms with van der Waals surface area (Å²) in [5, 5.41) is 9.44. The van der Waals surface area contributed by atoms with Crippen LogP contribution in [0, 0.1) is 5.41 Å². The summed E-state index contributed by atoms with van der Waals surface area (Å²) < 4.78 is 5.11. The maximum Gasteiger partial charge on any atom is 0.241 e. The lowest BCUT2D eigenvalue weighted by Crippen LogP contribution is -2.57. The molecule has 2 atom stereocenters. The maximum atomic E-state index is 12.3. The molecule has 4 N–H and O–H groups in total. The molecule has 1 aliphatic heterocycles. The molecule has 0 spiro atoms. The predicted molar refractivity (Wildman–Crippen MR) is 64.0 cm³/mol. The van der Waals surface area contributed by atoms with E-state index in [0.717, 1.165) is 0 Å². The molecule has 0 radical (unpaired) electrons. The van der Waals surface area contributed by atoms with Crippen molar-refractivity contribution >= 4 is 5.91 Å². The Kier molecular flexibility index (Phi) is 4.88. The molecule has 1 amide bonds. The largest absolute Gasteiger partial charge is 0.391 e. The minimum Gasteiger partial charge on any atom is -0.391 e. The minimum atomic E-state index is -0.507. The van der Waals surface area contributed by atoms with Gasteiger partial charge in [-0.1, -0.05) is 13.8 Å². The topological polar surface area (TPSA) is 87.8 Å². The number of hydrogen-bond acceptors (Lipinski definition) is 5. The summed E-state index contributed by atoms with van der Waals surface area (Å²) >= 11 is 0. The van der Waals surface area contributed by atoms with E-state index >= 15 is 0 Å². The number of β-amino-alcohol motifs (C(OH)–C–C–N with tert-alkyl or cyclic N) is 1. The van der Waals surface area contributed by atoms with Crippen LogP contribution in [-0.2, 0) is 9.53 Å². The Labute approximate surface area is 102 Å². The molecule has 1 rings (SSSR count). The molecule has 0 bridgehead atoms. The highest BCUT2D eigenvalue weighted by atomic mass is 16.5. The third-order valence-corrected chi connectivity index (χ3v) is 3.19. The number of aliphatic hydroxyl groups is 1. The standard InChI is InChI=1S/C11H23N3O3/c1-11(2,7-17-3)9(13-12)10(16)14-5-4-8(15)6-14/h8-9,13,15H,4-7,12H2,1-3H3. The SMILES string of the molecule is COCC(C)(C)C(NN)C(=O)N1CCC(O)C1. The summed E-state index contributed by atoms with van der Waals surface area (Å²) in [6, 6.07) is -0.507. The van der Waals surface area contributed by atoms with Crippen molar-refractivity contribution in [3.63, 3.8) is 0 Å². The first-order chi connectivity index (χ1) is 7.92. The van der Waals surface area contributed by atoms with Crippen molar-refractivity contribution in [1.82, 2.24) is 10.3 Å². The van der Waals surface area contributed by atoms with Crippen molar-refractivity contribution in [2.75, 3.05) is 26.8 Å². The van der Waals surface area contributed by atoms with Gasteiger partial charge in [0.15, 0.2) is 0 Å². The summed E-state index contributed by atoms with van der Waals surface area (Å²) in [5.74, 6) is 5.40. The number of ether oxygens (including phenoxy) is 1. The summed E-state index contributed by atoms with van der Waals surface area (Å²) in [6.07, 6.45) is 0.219. The normalized spacial score (nSPS) is 22.9. The fourth-order valence-corrected chi connectivity index (χ4v) is 2.21. The van der Waals surface area contributed by atoms with Gasteiger partial charge in [-0.05, 0) is 6.42 Å². The van der Waals surface area contributed by atoms with Crippen molar-refractivity contribution < 1.29 is 14.6 Å². The zero-order chi connectivity index (χ0) is 13.1. The van der Waals surface area contributed by atoms with Crippen LogP contribution in [0.5, 0.6) is 0 Å². The number of methoxy groups -OCH3 is 1. The number of rotatable bonds is 5. The van der Waals surface area contributed by atoms with Crippen LogP contribution in [0.25, 0.3) is 0 Å². The Morgan fingerprint density at radius 1 is 1.71 bits per heavy atom. The average molecular weight is 245 g/mol. The first kappa shape index (κ1) is 14.4. The number of likely N-dealkylation sites (tertiary alicyclic amines) is 1. The zero-order valence-electron chi connectivity index (χ0n) is 10.8. The molecule has 1 heterocycles. The zero-order valence-corrected chi connectivity index (χ0v) is 10.8. The number of hydrazine groups is 1. The molecule has 17 heavy (non-hydrogen) atoms. The monoisotopic (exact) mass is 245 g/mol. The van der Waals surface area contributed by atoms with E-state index in [4.69, 9.17) is 10.6 Å². The second kappa shape index (κ2) is 5.77. The van der Waals surface area contributed by atoms with Gasteiger partial charge in [0.2, 0.25) is 5.91 Å². The van der Waals surface area contributed by atoms with E-state index in [-0.39, 0.29) is 5.91 Å². The van der Waals surface area contributed by atoms with Crippen LogP contribution in [0.2, 0.25) is 0 Å². The summed E-state index contributed by atoms with van der Waals surface area (Å²) in [7, 11) is 1.60. The third-order valence-electron chi connectivity index (χ3n) is 3.19. The molecule has 100 valence electrons. The van der Waals surface area contributed by atoms with Crippen LogP contribution in [0.15, 0.2) is 0 Å². The molecule has 6 heteroatoms. The van der Waals surface area contributed by atoms with Gasteiger partial charge in [-0.15, -0.1) is 0 Å². The fourth-order valence-electron chi connectivity index (χ4n) is 2.21. The molecule has 1 saturated heterocycles. The van der Waals surface area contributed by atoms with E-state index in [1.54, 1.807) is 12.0 Å². The smallest absolute Gasteiger partial charge is 0.241 e. The Balaban J connectivity index is 2.70. The number of carbonyl (C=O) groups excluding carboxylic acids is 1. The van der Waals surface area contributed by atoms with Crippen molar-refractivity contribution in [2.45, 2.75) is 32.4 Å². The molecule has 1 fully saturated rings. The van der Waals surface area contributed by atoms with Crippen molar-refractivity contribution in [3.05, 3.63) is 0 Å². The Bertz CT molecular complexity index is 271. The van der Waals surface area contributed by atoms with E-state index in [0.29, 0.717) is 26.1 Å². The van der Waals surface area contributed by atoms with Crippen molar-refractivity contribution in [1.29, 1.82) is 0 Å². The maximum absolute atomic E-state index is 12.3. The number of carbonyl (C=O) groups is 1. The van der Waals surface area contributed by atoms with E-state index in [1.165, 1.54) is 0 Å². The van der Waals surface area contributed by atoms with Crippen LogP contribution in [-0.4, -0.2) is 54.9 Å². The first-order valence-corrected chi connectivity index (χ1v) is 5.84. The van der Waals surface area contributed by atoms with E-state index in [9.17, 15) is 9.90 Å². The van der Waals surface area contributed by atoms with Crippen LogP contribution in [0.3, 0.4) is 0 Å². The van der Waals surface area contributed by atoms with Gasteiger partial charge < -0.3 is 14.7 Å². The Morgan fingerprint density at radius 3 is 2.76 bits per heavy atom. The Hall–Kier alpha value is -0.690. The molecular weight excluding hydrogens is 222 g/mol.